The van der Waals surface area contributed by atoms with E-state index in [0.717, 1.165) is 63.4 Å². The predicted octanol–water partition coefficient (Wildman–Crippen LogP) is 2.52. The topological polar surface area (TPSA) is 88.2 Å². The fourth-order valence-corrected chi connectivity index (χ4v) is 6.10. The monoisotopic (exact) mass is 502 g/mol. The van der Waals surface area contributed by atoms with Gasteiger partial charge < -0.3 is 24.9 Å². The lowest BCUT2D eigenvalue weighted by Crippen LogP contribution is -2.68. The van der Waals surface area contributed by atoms with Gasteiger partial charge in [-0.2, -0.15) is 4.98 Å². The zero-order chi connectivity index (χ0) is 25.7. The van der Waals surface area contributed by atoms with Crippen LogP contribution in [0.5, 0.6) is 0 Å². The summed E-state index contributed by atoms with van der Waals surface area (Å²) in [6.45, 7) is 9.81. The van der Waals surface area contributed by atoms with Crippen LogP contribution in [0.1, 0.15) is 18.4 Å². The van der Waals surface area contributed by atoms with Crippen LogP contribution in [0.15, 0.2) is 43.1 Å². The van der Waals surface area contributed by atoms with Gasteiger partial charge in [0.05, 0.1) is 6.54 Å². The number of rotatable bonds is 5. The predicted molar refractivity (Wildman–Crippen MR) is 143 cm³/mol. The molecule has 3 aliphatic heterocycles. The average molecular weight is 503 g/mol. The van der Waals surface area contributed by atoms with Gasteiger partial charge >= 0.3 is 6.03 Å². The number of carbonyl (C=O) groups is 2. The smallest absolute Gasteiger partial charge is 0.325 e. The summed E-state index contributed by atoms with van der Waals surface area (Å²) < 4.78 is 0. The minimum atomic E-state index is -0.0353. The summed E-state index contributed by atoms with van der Waals surface area (Å²) in [5.74, 6) is 1.11. The summed E-state index contributed by atoms with van der Waals surface area (Å²) in [4.78, 5) is 44.4. The van der Waals surface area contributed by atoms with Crippen LogP contribution < -0.4 is 15.1 Å². The lowest BCUT2D eigenvalue weighted by atomic mass is 9.60. The molecule has 1 N–H and O–H groups in total. The van der Waals surface area contributed by atoms with E-state index in [9.17, 15) is 9.59 Å². The molecule has 1 spiro atoms. The first-order valence-electron chi connectivity index (χ1n) is 13.0. The van der Waals surface area contributed by atoms with Crippen molar-refractivity contribution in [2.75, 3.05) is 68.5 Å². The lowest BCUT2D eigenvalue weighted by molar-refractivity contribution is -0.150. The van der Waals surface area contributed by atoms with Crippen molar-refractivity contribution in [2.45, 2.75) is 25.4 Å². The zero-order valence-corrected chi connectivity index (χ0v) is 21.6. The second kappa shape index (κ2) is 9.02. The van der Waals surface area contributed by atoms with Crippen molar-refractivity contribution in [1.29, 1.82) is 0 Å². The highest BCUT2D eigenvalue weighted by molar-refractivity contribution is 5.93. The molecule has 2 aromatic rings. The molecular weight excluding hydrogens is 468 g/mol. The number of piperazine rings is 1. The Bertz CT molecular complexity index is 1210. The Morgan fingerprint density at radius 1 is 1.11 bits per heavy atom. The highest BCUT2D eigenvalue weighted by Gasteiger charge is 2.56. The van der Waals surface area contributed by atoms with Crippen LogP contribution in [-0.2, 0) is 11.3 Å². The van der Waals surface area contributed by atoms with E-state index < -0.39 is 0 Å². The van der Waals surface area contributed by atoms with Crippen molar-refractivity contribution >= 4 is 35.1 Å². The molecular formula is C27H34N8O2. The van der Waals surface area contributed by atoms with Crippen LogP contribution in [0.4, 0.5) is 27.9 Å². The summed E-state index contributed by atoms with van der Waals surface area (Å²) >= 11 is 0. The molecule has 1 aromatic carbocycles. The van der Waals surface area contributed by atoms with Crippen molar-refractivity contribution in [1.82, 2.24) is 24.7 Å². The van der Waals surface area contributed by atoms with Gasteiger partial charge in [0.1, 0.15) is 5.82 Å². The van der Waals surface area contributed by atoms with Crippen LogP contribution in [0.25, 0.3) is 0 Å². The molecule has 1 saturated carbocycles. The van der Waals surface area contributed by atoms with Crippen LogP contribution in [-0.4, -0.2) is 96.0 Å². The Kier molecular flexibility index (Phi) is 5.78. The molecule has 0 radical (unpaired) electrons. The van der Waals surface area contributed by atoms with Crippen molar-refractivity contribution in [3.8, 4) is 0 Å². The summed E-state index contributed by atoms with van der Waals surface area (Å²) in [6, 6.07) is 8.49. The molecule has 4 heterocycles. The number of amides is 3. The van der Waals surface area contributed by atoms with E-state index >= 15 is 0 Å². The van der Waals surface area contributed by atoms with E-state index in [1.54, 1.807) is 11.9 Å². The fraction of sp³-hybridized carbons (Fsp3) is 0.481. The number of nitrogens with zero attached hydrogens (tertiary/aromatic N) is 7. The zero-order valence-electron chi connectivity index (χ0n) is 21.6. The van der Waals surface area contributed by atoms with E-state index in [4.69, 9.17) is 0 Å². The Labute approximate surface area is 217 Å². The maximum atomic E-state index is 13.2. The second-order valence-electron chi connectivity index (χ2n) is 10.9. The van der Waals surface area contributed by atoms with E-state index in [-0.39, 0.29) is 23.4 Å². The number of benzene rings is 1. The lowest BCUT2D eigenvalue weighted by Gasteiger charge is -2.61. The van der Waals surface area contributed by atoms with Gasteiger partial charge in [0.2, 0.25) is 11.9 Å². The number of likely N-dealkylation sites (tertiary alicyclic amines) is 1. The summed E-state index contributed by atoms with van der Waals surface area (Å²) in [6.07, 6.45) is 5.04. The number of carbonyl (C=O) groups excluding carboxylic acids is 2. The van der Waals surface area contributed by atoms with Gasteiger partial charge in [-0.25, -0.2) is 9.78 Å². The number of nitrogens with one attached hydrogen (secondary N) is 1. The largest absolute Gasteiger partial charge is 0.369 e. The van der Waals surface area contributed by atoms with Crippen molar-refractivity contribution in [2.24, 2.45) is 5.41 Å². The molecule has 0 bridgehead atoms. The molecule has 3 amide bonds. The molecule has 1 aromatic heterocycles. The van der Waals surface area contributed by atoms with Crippen molar-refractivity contribution in [3.63, 3.8) is 0 Å². The van der Waals surface area contributed by atoms with Crippen LogP contribution >= 0.6 is 0 Å². The normalized spacial score (nSPS) is 21.4. The standard InChI is InChI=1S/C27H34N8O2/c1-4-23(36)34-17-27(18-34)13-22(14-27)35-16-19-15-28-25(30-24(19)32(3)26(35)37)29-20-5-7-21(8-6-20)33-11-9-31(2)10-12-33/h4-8,15,22H,1,9-14,16-18H2,2-3H3,(H,28,29,30). The van der Waals surface area contributed by atoms with Gasteiger partial charge in [0, 0.05) is 80.9 Å². The van der Waals surface area contributed by atoms with Gasteiger partial charge in [-0.05, 0) is 50.2 Å². The summed E-state index contributed by atoms with van der Waals surface area (Å²) in [5.41, 5.74) is 3.23. The highest BCUT2D eigenvalue weighted by Crippen LogP contribution is 2.51. The average Bonchev–Trinajstić information content (AvgIpc) is 2.86. The number of hydrogen-bond acceptors (Lipinski definition) is 7. The molecule has 6 rings (SSSR count). The van der Waals surface area contributed by atoms with Gasteiger partial charge in [-0.3, -0.25) is 9.69 Å². The maximum absolute atomic E-state index is 13.2. The number of anilines is 4. The Morgan fingerprint density at radius 2 is 1.81 bits per heavy atom. The summed E-state index contributed by atoms with van der Waals surface area (Å²) in [7, 11) is 3.93. The number of fused-ring (bicyclic) bond motifs is 1. The first-order chi connectivity index (χ1) is 17.8. The Morgan fingerprint density at radius 3 is 2.49 bits per heavy atom. The third kappa shape index (κ3) is 4.29. The molecule has 194 valence electrons. The van der Waals surface area contributed by atoms with Gasteiger partial charge in [0.25, 0.3) is 0 Å². The number of hydrogen-bond donors (Lipinski definition) is 1. The molecule has 0 atom stereocenters. The Hall–Kier alpha value is -3.66. The van der Waals surface area contributed by atoms with Gasteiger partial charge in [-0.15, -0.1) is 0 Å². The Balaban J connectivity index is 1.08. The summed E-state index contributed by atoms with van der Waals surface area (Å²) in [5, 5.41) is 3.29. The van der Waals surface area contributed by atoms with E-state index in [1.807, 2.05) is 28.1 Å². The molecule has 10 nitrogen and oxygen atoms in total. The van der Waals surface area contributed by atoms with Crippen molar-refractivity contribution < 1.29 is 9.59 Å². The van der Waals surface area contributed by atoms with Crippen LogP contribution in [0.2, 0.25) is 0 Å². The minimum absolute atomic E-state index is 0.00989. The molecule has 37 heavy (non-hydrogen) atoms. The SMILES string of the molecule is C=CC(=O)N1CC2(CC(N3Cc4cnc(Nc5ccc(N6CCN(C)CC6)cc5)nc4N(C)C3=O)C2)C1. The van der Waals surface area contributed by atoms with E-state index in [0.29, 0.717) is 18.3 Å². The second-order valence-corrected chi connectivity index (χ2v) is 10.9. The molecule has 3 fully saturated rings. The first kappa shape index (κ1) is 23.7. The molecule has 2 saturated heterocycles. The van der Waals surface area contributed by atoms with E-state index in [2.05, 4.69) is 50.8 Å². The number of likely N-dealkylation sites (N-methyl/N-ethyl adjacent to an activating group) is 1. The van der Waals surface area contributed by atoms with Crippen molar-refractivity contribution in [3.05, 3.63) is 48.7 Å². The highest BCUT2D eigenvalue weighted by atomic mass is 16.2. The van der Waals surface area contributed by atoms with Gasteiger partial charge in [-0.1, -0.05) is 6.58 Å². The van der Waals surface area contributed by atoms with E-state index in [1.165, 1.54) is 11.8 Å². The number of urea groups is 1. The molecule has 10 heteroatoms. The van der Waals surface area contributed by atoms with Gasteiger partial charge in [0.15, 0.2) is 0 Å². The first-order valence-corrected chi connectivity index (χ1v) is 13.0. The third-order valence-corrected chi connectivity index (χ3v) is 8.34. The van der Waals surface area contributed by atoms with Crippen LogP contribution in [0.3, 0.4) is 0 Å². The maximum Gasteiger partial charge on any atom is 0.325 e. The number of aromatic nitrogens is 2. The molecule has 4 aliphatic rings. The third-order valence-electron chi connectivity index (χ3n) is 8.34. The quantitative estimate of drug-likeness (QED) is 0.629. The fourth-order valence-electron chi connectivity index (χ4n) is 6.10. The minimum Gasteiger partial charge on any atom is -0.369 e. The molecule has 0 unspecified atom stereocenters. The van der Waals surface area contributed by atoms with Crippen LogP contribution in [0, 0.1) is 5.41 Å². The molecule has 1 aliphatic carbocycles.